The smallest absolute Gasteiger partial charge is 0.130 e. The summed E-state index contributed by atoms with van der Waals surface area (Å²) in [6.45, 7) is 0.754. The Balaban J connectivity index is 2.09. The van der Waals surface area contributed by atoms with Crippen LogP contribution in [0, 0.1) is 11.3 Å². The number of para-hydroxylation sites is 1. The molecule has 0 unspecified atom stereocenters. The zero-order chi connectivity index (χ0) is 9.97. The summed E-state index contributed by atoms with van der Waals surface area (Å²) >= 11 is 0. The van der Waals surface area contributed by atoms with E-state index in [2.05, 4.69) is 0 Å². The Morgan fingerprint density at radius 2 is 2.14 bits per heavy atom. The number of hydrogen-bond donors (Lipinski definition) is 2. The van der Waals surface area contributed by atoms with Crippen molar-refractivity contribution in [3.05, 3.63) is 29.8 Å². The van der Waals surface area contributed by atoms with Crippen LogP contribution in [0.1, 0.15) is 18.4 Å². The number of nitrogen functional groups attached to an aromatic ring is 1. The maximum Gasteiger partial charge on any atom is 0.130 e. The van der Waals surface area contributed by atoms with Crippen LogP contribution in [0.5, 0.6) is 5.75 Å². The van der Waals surface area contributed by atoms with E-state index in [9.17, 15) is 0 Å². The number of hydrogen-bond acceptors (Lipinski definition) is 2. The highest BCUT2D eigenvalue weighted by Gasteiger charge is 2.22. The maximum absolute atomic E-state index is 7.38. The van der Waals surface area contributed by atoms with Gasteiger partial charge in [0, 0.05) is 0 Å². The molecule has 2 rings (SSSR count). The van der Waals surface area contributed by atoms with Gasteiger partial charge in [0.05, 0.1) is 12.2 Å². The van der Waals surface area contributed by atoms with Crippen molar-refractivity contribution in [1.82, 2.24) is 0 Å². The summed E-state index contributed by atoms with van der Waals surface area (Å²) in [6, 6.07) is 7.43. The number of benzene rings is 1. The molecule has 0 amide bonds. The molecule has 14 heavy (non-hydrogen) atoms. The van der Waals surface area contributed by atoms with E-state index in [0.29, 0.717) is 5.56 Å². The second-order valence-corrected chi connectivity index (χ2v) is 3.66. The van der Waals surface area contributed by atoms with Gasteiger partial charge in [-0.25, -0.2) is 0 Å². The molecule has 0 bridgehead atoms. The van der Waals surface area contributed by atoms with E-state index in [1.165, 1.54) is 12.8 Å². The third-order valence-electron chi connectivity index (χ3n) is 2.35. The number of nitrogens with two attached hydrogens (primary N) is 1. The van der Waals surface area contributed by atoms with Crippen LogP contribution in [0.25, 0.3) is 0 Å². The first-order valence-corrected chi connectivity index (χ1v) is 4.83. The fourth-order valence-corrected chi connectivity index (χ4v) is 1.31. The molecule has 3 N–H and O–H groups in total. The van der Waals surface area contributed by atoms with Gasteiger partial charge in [-0.15, -0.1) is 0 Å². The molecular formula is C11H14N2O. The lowest BCUT2D eigenvalue weighted by Gasteiger charge is -2.09. The minimum absolute atomic E-state index is 0.0661. The van der Waals surface area contributed by atoms with Gasteiger partial charge in [0.25, 0.3) is 0 Å². The molecule has 0 saturated heterocycles. The second kappa shape index (κ2) is 3.70. The van der Waals surface area contributed by atoms with E-state index in [4.69, 9.17) is 15.9 Å². The normalized spacial score (nSPS) is 15.1. The van der Waals surface area contributed by atoms with Crippen LogP contribution in [0.15, 0.2) is 24.3 Å². The number of nitrogens with one attached hydrogen (secondary N) is 1. The summed E-state index contributed by atoms with van der Waals surface area (Å²) in [5.74, 6) is 1.51. The third kappa shape index (κ3) is 2.05. The Kier molecular flexibility index (Phi) is 2.39. The molecule has 0 heterocycles. The summed E-state index contributed by atoms with van der Waals surface area (Å²) < 4.78 is 5.60. The van der Waals surface area contributed by atoms with Crippen molar-refractivity contribution in [1.29, 1.82) is 5.41 Å². The van der Waals surface area contributed by atoms with Crippen LogP contribution in [-0.4, -0.2) is 12.4 Å². The van der Waals surface area contributed by atoms with Crippen molar-refractivity contribution in [3.63, 3.8) is 0 Å². The van der Waals surface area contributed by atoms with E-state index in [-0.39, 0.29) is 5.84 Å². The average Bonchev–Trinajstić information content (AvgIpc) is 2.98. The van der Waals surface area contributed by atoms with Gasteiger partial charge < -0.3 is 10.5 Å². The van der Waals surface area contributed by atoms with Crippen LogP contribution in [0.2, 0.25) is 0 Å². The van der Waals surface area contributed by atoms with Gasteiger partial charge in [0.15, 0.2) is 0 Å². The molecule has 3 nitrogen and oxygen atoms in total. The van der Waals surface area contributed by atoms with Gasteiger partial charge in [-0.05, 0) is 30.9 Å². The largest absolute Gasteiger partial charge is 0.493 e. The van der Waals surface area contributed by atoms with Crippen molar-refractivity contribution in [2.45, 2.75) is 12.8 Å². The molecule has 1 aliphatic rings. The van der Waals surface area contributed by atoms with Crippen molar-refractivity contribution in [2.24, 2.45) is 11.7 Å². The predicted molar refractivity (Wildman–Crippen MR) is 55.7 cm³/mol. The lowest BCUT2D eigenvalue weighted by Crippen LogP contribution is -2.13. The quantitative estimate of drug-likeness (QED) is 0.561. The predicted octanol–water partition coefficient (Wildman–Crippen LogP) is 1.76. The second-order valence-electron chi connectivity index (χ2n) is 3.66. The molecule has 0 aromatic heterocycles. The Morgan fingerprint density at radius 1 is 1.43 bits per heavy atom. The highest BCUT2D eigenvalue weighted by atomic mass is 16.5. The molecule has 1 aromatic carbocycles. The first-order valence-electron chi connectivity index (χ1n) is 4.83. The van der Waals surface area contributed by atoms with E-state index < -0.39 is 0 Å². The monoisotopic (exact) mass is 190 g/mol. The molecule has 1 fully saturated rings. The van der Waals surface area contributed by atoms with E-state index in [1.54, 1.807) is 0 Å². The van der Waals surface area contributed by atoms with Crippen molar-refractivity contribution in [3.8, 4) is 5.75 Å². The van der Waals surface area contributed by atoms with Gasteiger partial charge in [0.1, 0.15) is 11.6 Å². The Labute approximate surface area is 83.4 Å². The maximum atomic E-state index is 7.38. The molecule has 1 saturated carbocycles. The first-order chi connectivity index (χ1) is 6.77. The molecule has 74 valence electrons. The van der Waals surface area contributed by atoms with Crippen LogP contribution >= 0.6 is 0 Å². The lowest BCUT2D eigenvalue weighted by atomic mass is 10.2. The molecule has 0 radical (unpaired) electrons. The number of rotatable bonds is 4. The molecular weight excluding hydrogens is 176 g/mol. The van der Waals surface area contributed by atoms with E-state index in [0.717, 1.165) is 18.3 Å². The Bertz CT molecular complexity index is 345. The lowest BCUT2D eigenvalue weighted by molar-refractivity contribution is 0.299. The highest BCUT2D eigenvalue weighted by Crippen LogP contribution is 2.30. The topological polar surface area (TPSA) is 59.1 Å². The summed E-state index contributed by atoms with van der Waals surface area (Å²) in [4.78, 5) is 0. The van der Waals surface area contributed by atoms with E-state index in [1.807, 2.05) is 24.3 Å². The molecule has 0 atom stereocenters. The SMILES string of the molecule is N=C(N)c1ccccc1OCC1CC1. The summed E-state index contributed by atoms with van der Waals surface area (Å²) in [6.07, 6.45) is 2.53. The zero-order valence-corrected chi connectivity index (χ0v) is 7.99. The molecule has 1 aliphatic carbocycles. The highest BCUT2D eigenvalue weighted by molar-refractivity contribution is 5.97. The molecule has 3 heteroatoms. The fraction of sp³-hybridized carbons (Fsp3) is 0.364. The minimum atomic E-state index is 0.0661. The van der Waals surface area contributed by atoms with Crippen LogP contribution in [-0.2, 0) is 0 Å². The molecule has 0 aliphatic heterocycles. The van der Waals surface area contributed by atoms with Crippen LogP contribution < -0.4 is 10.5 Å². The minimum Gasteiger partial charge on any atom is -0.493 e. The standard InChI is InChI=1S/C11H14N2O/c12-11(13)9-3-1-2-4-10(9)14-7-8-5-6-8/h1-4,8H,5-7H2,(H3,12,13). The Hall–Kier alpha value is -1.51. The van der Waals surface area contributed by atoms with Crippen LogP contribution in [0.4, 0.5) is 0 Å². The zero-order valence-electron chi connectivity index (χ0n) is 7.99. The fourth-order valence-electron chi connectivity index (χ4n) is 1.31. The average molecular weight is 190 g/mol. The van der Waals surface area contributed by atoms with Gasteiger partial charge in [-0.3, -0.25) is 5.41 Å². The van der Waals surface area contributed by atoms with Crippen molar-refractivity contribution < 1.29 is 4.74 Å². The summed E-state index contributed by atoms with van der Waals surface area (Å²) in [5.41, 5.74) is 6.13. The van der Waals surface area contributed by atoms with Gasteiger partial charge >= 0.3 is 0 Å². The van der Waals surface area contributed by atoms with E-state index >= 15 is 0 Å². The van der Waals surface area contributed by atoms with Gasteiger partial charge in [-0.1, -0.05) is 12.1 Å². The Morgan fingerprint density at radius 3 is 2.79 bits per heavy atom. The summed E-state index contributed by atoms with van der Waals surface area (Å²) in [7, 11) is 0. The van der Waals surface area contributed by atoms with Crippen molar-refractivity contribution >= 4 is 5.84 Å². The van der Waals surface area contributed by atoms with Gasteiger partial charge in [-0.2, -0.15) is 0 Å². The van der Waals surface area contributed by atoms with Crippen LogP contribution in [0.3, 0.4) is 0 Å². The van der Waals surface area contributed by atoms with Gasteiger partial charge in [0.2, 0.25) is 0 Å². The van der Waals surface area contributed by atoms with Crippen molar-refractivity contribution in [2.75, 3.05) is 6.61 Å². The molecule has 1 aromatic rings. The number of ether oxygens (including phenoxy) is 1. The summed E-state index contributed by atoms with van der Waals surface area (Å²) in [5, 5.41) is 7.38. The first kappa shape index (κ1) is 9.06. The molecule has 0 spiro atoms. The third-order valence-corrected chi connectivity index (χ3v) is 2.35. The number of amidine groups is 1.